The van der Waals surface area contributed by atoms with Gasteiger partial charge in [0.1, 0.15) is 12.5 Å². The molecule has 1 heterocycles. The molecule has 1 saturated heterocycles. The van der Waals surface area contributed by atoms with Crippen molar-refractivity contribution in [3.05, 3.63) is 35.9 Å². The first-order valence-corrected chi connectivity index (χ1v) is 7.64. The van der Waals surface area contributed by atoms with Gasteiger partial charge in [-0.25, -0.2) is 4.39 Å². The van der Waals surface area contributed by atoms with Gasteiger partial charge in [-0.15, -0.1) is 0 Å². The van der Waals surface area contributed by atoms with Crippen molar-refractivity contribution in [3.8, 4) is 0 Å². The van der Waals surface area contributed by atoms with Crippen LogP contribution in [0.3, 0.4) is 0 Å². The molecule has 1 aliphatic heterocycles. The van der Waals surface area contributed by atoms with Gasteiger partial charge in [0.15, 0.2) is 0 Å². The van der Waals surface area contributed by atoms with E-state index in [1.165, 1.54) is 0 Å². The minimum atomic E-state index is -1.23. The third-order valence-electron chi connectivity index (χ3n) is 3.82. The van der Waals surface area contributed by atoms with Gasteiger partial charge in [0.05, 0.1) is 12.2 Å². The lowest BCUT2D eigenvalue weighted by atomic mass is 9.83. The number of piperidine rings is 1. The summed E-state index contributed by atoms with van der Waals surface area (Å²) in [4.78, 5) is 0. The molecule has 1 aromatic rings. The molecule has 1 N–H and O–H groups in total. The van der Waals surface area contributed by atoms with E-state index in [1.807, 2.05) is 30.3 Å². The summed E-state index contributed by atoms with van der Waals surface area (Å²) in [5.41, 5.74) is -0.511. The Bertz CT molecular complexity index is 411. The molecular weight excluding hydrogens is 269 g/mol. The second-order valence-electron chi connectivity index (χ2n) is 6.42. The molecule has 1 aromatic carbocycles. The minimum absolute atomic E-state index is 0.213. The molecule has 1 aliphatic rings. The van der Waals surface area contributed by atoms with Crippen LogP contribution in [0.4, 0.5) is 4.39 Å². The molecule has 0 spiro atoms. The van der Waals surface area contributed by atoms with Crippen molar-refractivity contribution in [1.29, 1.82) is 0 Å². The number of nitrogens with one attached hydrogen (secondary N) is 1. The fourth-order valence-electron chi connectivity index (χ4n) is 2.92. The van der Waals surface area contributed by atoms with Gasteiger partial charge in [0.25, 0.3) is 0 Å². The first-order chi connectivity index (χ1) is 9.99. The predicted molar refractivity (Wildman–Crippen MR) is 81.8 cm³/mol. The Labute approximate surface area is 126 Å². The maximum Gasteiger partial charge on any atom is 0.147 e. The summed E-state index contributed by atoms with van der Waals surface area (Å²) in [6.07, 6.45) is 2.07. The van der Waals surface area contributed by atoms with Crippen LogP contribution in [0.1, 0.15) is 38.7 Å². The normalized spacial score (nSPS) is 18.6. The molecule has 2 rings (SSSR count). The quantitative estimate of drug-likeness (QED) is 0.617. The lowest BCUT2D eigenvalue weighted by Crippen LogP contribution is -2.47. The Kier molecular flexibility index (Phi) is 5.73. The summed E-state index contributed by atoms with van der Waals surface area (Å²) in [7, 11) is 0. The van der Waals surface area contributed by atoms with Crippen molar-refractivity contribution in [2.75, 3.05) is 19.9 Å². The van der Waals surface area contributed by atoms with Crippen LogP contribution in [-0.4, -0.2) is 31.2 Å². The number of benzene rings is 1. The average Bonchev–Trinajstić information content (AvgIpc) is 2.44. The fraction of sp³-hybridized carbons (Fsp3) is 0.647. The van der Waals surface area contributed by atoms with E-state index >= 15 is 0 Å². The van der Waals surface area contributed by atoms with Crippen LogP contribution in [-0.2, 0) is 16.1 Å². The van der Waals surface area contributed by atoms with Gasteiger partial charge in [0, 0.05) is 6.42 Å². The molecule has 3 nitrogen and oxygen atoms in total. The number of ether oxygens (including phenoxy) is 2. The van der Waals surface area contributed by atoms with Crippen LogP contribution in [0.15, 0.2) is 30.3 Å². The van der Waals surface area contributed by atoms with Crippen molar-refractivity contribution < 1.29 is 13.9 Å². The number of halogens is 1. The highest BCUT2D eigenvalue weighted by Gasteiger charge is 2.38. The lowest BCUT2D eigenvalue weighted by molar-refractivity contribution is -0.171. The molecule has 21 heavy (non-hydrogen) atoms. The molecule has 0 atom stereocenters. The van der Waals surface area contributed by atoms with E-state index in [-0.39, 0.29) is 6.79 Å². The monoisotopic (exact) mass is 295 g/mol. The Hall–Kier alpha value is -0.970. The summed E-state index contributed by atoms with van der Waals surface area (Å²) < 4.78 is 25.6. The van der Waals surface area contributed by atoms with Crippen LogP contribution in [0.25, 0.3) is 0 Å². The minimum Gasteiger partial charge on any atom is -0.351 e. The molecule has 0 aromatic heterocycles. The van der Waals surface area contributed by atoms with Gasteiger partial charge < -0.3 is 14.8 Å². The van der Waals surface area contributed by atoms with Crippen molar-refractivity contribution in [2.24, 2.45) is 0 Å². The van der Waals surface area contributed by atoms with Crippen LogP contribution in [0, 0.1) is 0 Å². The number of rotatable bonds is 7. The molecule has 0 saturated carbocycles. The summed E-state index contributed by atoms with van der Waals surface area (Å²) in [5.74, 6) is 0. The third-order valence-corrected chi connectivity index (χ3v) is 3.82. The van der Waals surface area contributed by atoms with E-state index in [1.54, 1.807) is 13.8 Å². The average molecular weight is 295 g/mol. The van der Waals surface area contributed by atoms with Crippen molar-refractivity contribution in [2.45, 2.75) is 51.0 Å². The summed E-state index contributed by atoms with van der Waals surface area (Å²) in [6.45, 7) is 5.71. The van der Waals surface area contributed by atoms with Crippen LogP contribution >= 0.6 is 0 Å². The Morgan fingerprint density at radius 1 is 1.19 bits per heavy atom. The van der Waals surface area contributed by atoms with E-state index in [0.29, 0.717) is 13.0 Å². The van der Waals surface area contributed by atoms with Gasteiger partial charge >= 0.3 is 0 Å². The highest BCUT2D eigenvalue weighted by atomic mass is 19.1. The van der Waals surface area contributed by atoms with E-state index in [0.717, 1.165) is 31.5 Å². The Morgan fingerprint density at radius 2 is 1.86 bits per heavy atom. The molecule has 0 bridgehead atoms. The van der Waals surface area contributed by atoms with Crippen molar-refractivity contribution in [1.82, 2.24) is 5.32 Å². The molecule has 0 unspecified atom stereocenters. The van der Waals surface area contributed by atoms with E-state index in [9.17, 15) is 4.39 Å². The van der Waals surface area contributed by atoms with E-state index in [2.05, 4.69) is 5.32 Å². The maximum absolute atomic E-state index is 14.1. The first-order valence-electron chi connectivity index (χ1n) is 7.64. The Balaban J connectivity index is 1.82. The zero-order valence-electron chi connectivity index (χ0n) is 13.0. The SMILES string of the molecule is CC(C)(F)CC1(OCOCc2ccccc2)CCNCC1. The summed E-state index contributed by atoms with van der Waals surface area (Å²) in [5, 5.41) is 3.30. The van der Waals surface area contributed by atoms with Gasteiger partial charge in [0.2, 0.25) is 0 Å². The first kappa shape index (κ1) is 16.4. The molecule has 0 aliphatic carbocycles. The standard InChI is InChI=1S/C17H26FNO2/c1-16(2,18)13-17(8-10-19-11-9-17)21-14-20-12-15-6-4-3-5-7-15/h3-7,19H,8-14H2,1-2H3. The number of alkyl halides is 1. The molecule has 0 amide bonds. The highest BCUT2D eigenvalue weighted by Crippen LogP contribution is 2.34. The van der Waals surface area contributed by atoms with Crippen LogP contribution in [0.2, 0.25) is 0 Å². The molecular formula is C17H26FNO2. The van der Waals surface area contributed by atoms with Crippen LogP contribution in [0.5, 0.6) is 0 Å². The molecule has 118 valence electrons. The summed E-state index contributed by atoms with van der Waals surface area (Å²) >= 11 is 0. The van der Waals surface area contributed by atoms with Crippen molar-refractivity contribution >= 4 is 0 Å². The van der Waals surface area contributed by atoms with Crippen molar-refractivity contribution in [3.63, 3.8) is 0 Å². The zero-order valence-corrected chi connectivity index (χ0v) is 13.0. The molecule has 4 heteroatoms. The number of hydrogen-bond donors (Lipinski definition) is 1. The fourth-order valence-corrected chi connectivity index (χ4v) is 2.92. The molecule has 1 fully saturated rings. The smallest absolute Gasteiger partial charge is 0.147 e. The second kappa shape index (κ2) is 7.34. The third kappa shape index (κ3) is 5.73. The highest BCUT2D eigenvalue weighted by molar-refractivity contribution is 5.13. The number of hydrogen-bond acceptors (Lipinski definition) is 3. The maximum atomic E-state index is 14.1. The largest absolute Gasteiger partial charge is 0.351 e. The van der Waals surface area contributed by atoms with Gasteiger partial charge in [-0.3, -0.25) is 0 Å². The predicted octanol–water partition coefficient (Wildman–Crippen LogP) is 3.44. The summed E-state index contributed by atoms with van der Waals surface area (Å²) in [6, 6.07) is 9.99. The molecule has 0 radical (unpaired) electrons. The van der Waals surface area contributed by atoms with Gasteiger partial charge in [-0.2, -0.15) is 0 Å². The Morgan fingerprint density at radius 3 is 2.48 bits per heavy atom. The lowest BCUT2D eigenvalue weighted by Gasteiger charge is -2.40. The van der Waals surface area contributed by atoms with Gasteiger partial charge in [-0.1, -0.05) is 30.3 Å². The topological polar surface area (TPSA) is 30.5 Å². The van der Waals surface area contributed by atoms with Gasteiger partial charge in [-0.05, 0) is 45.3 Å². The zero-order chi connectivity index (χ0) is 15.2. The second-order valence-corrected chi connectivity index (χ2v) is 6.42. The van der Waals surface area contributed by atoms with Crippen LogP contribution < -0.4 is 5.32 Å². The van der Waals surface area contributed by atoms with E-state index < -0.39 is 11.3 Å². The van der Waals surface area contributed by atoms with E-state index in [4.69, 9.17) is 9.47 Å².